The lowest BCUT2D eigenvalue weighted by Crippen LogP contribution is -2.32. The molecule has 0 spiro atoms. The van der Waals surface area contributed by atoms with Crippen LogP contribution in [0.5, 0.6) is 0 Å². The number of anilines is 1. The third-order valence-corrected chi connectivity index (χ3v) is 7.63. The zero-order valence-electron chi connectivity index (χ0n) is 16.8. The number of thioether (sulfide) groups is 1. The van der Waals surface area contributed by atoms with Crippen molar-refractivity contribution in [3.8, 4) is 0 Å². The number of aromatic nitrogens is 4. The van der Waals surface area contributed by atoms with Crippen molar-refractivity contribution in [2.45, 2.75) is 41.9 Å². The molecule has 2 aliphatic heterocycles. The molecule has 5 atom stereocenters. The number of aliphatic hydroxyl groups is 2. The number of fused-ring (bicyclic) bond motifs is 1. The second-order valence-electron chi connectivity index (χ2n) is 7.66. The molecule has 0 radical (unpaired) electrons. The van der Waals surface area contributed by atoms with Gasteiger partial charge in [0.2, 0.25) is 0 Å². The molecular formula is C20H21Cl2N5O4S. The van der Waals surface area contributed by atoms with Crippen LogP contribution < -0.4 is 5.32 Å². The minimum Gasteiger partial charge on any atom is -0.387 e. The van der Waals surface area contributed by atoms with Crippen molar-refractivity contribution in [1.29, 1.82) is 0 Å². The van der Waals surface area contributed by atoms with Gasteiger partial charge in [-0.15, -0.1) is 11.8 Å². The fourth-order valence-electron chi connectivity index (χ4n) is 3.87. The van der Waals surface area contributed by atoms with E-state index in [9.17, 15) is 10.2 Å². The Bertz CT molecular complexity index is 1090. The third kappa shape index (κ3) is 4.16. The van der Waals surface area contributed by atoms with Crippen LogP contribution in [0.1, 0.15) is 12.6 Å². The molecule has 0 saturated carbocycles. The van der Waals surface area contributed by atoms with Crippen LogP contribution >= 0.6 is 35.0 Å². The van der Waals surface area contributed by atoms with Crippen LogP contribution in [-0.2, 0) is 9.47 Å². The van der Waals surface area contributed by atoms with E-state index in [1.54, 1.807) is 22.8 Å². The molecule has 1 aromatic carbocycles. The maximum Gasteiger partial charge on any atom is 0.167 e. The smallest absolute Gasteiger partial charge is 0.167 e. The number of nitrogens with one attached hydrogen (secondary N) is 1. The Morgan fingerprint density at radius 1 is 1.16 bits per heavy atom. The van der Waals surface area contributed by atoms with Crippen LogP contribution in [-0.4, -0.2) is 73.1 Å². The van der Waals surface area contributed by atoms with Gasteiger partial charge in [-0.05, 0) is 18.6 Å². The summed E-state index contributed by atoms with van der Waals surface area (Å²) in [6.45, 7) is 1.32. The van der Waals surface area contributed by atoms with Crippen molar-refractivity contribution in [2.24, 2.45) is 0 Å². The summed E-state index contributed by atoms with van der Waals surface area (Å²) in [7, 11) is 0. The van der Waals surface area contributed by atoms with E-state index in [0.29, 0.717) is 50.9 Å². The van der Waals surface area contributed by atoms with Crippen LogP contribution in [0.15, 0.2) is 35.7 Å². The zero-order chi connectivity index (χ0) is 22.2. The topological polar surface area (TPSA) is 115 Å². The average molecular weight is 498 g/mol. The van der Waals surface area contributed by atoms with E-state index >= 15 is 0 Å². The molecule has 12 heteroatoms. The molecule has 9 nitrogen and oxygen atoms in total. The van der Waals surface area contributed by atoms with E-state index in [4.69, 9.17) is 32.7 Å². The molecule has 0 bridgehead atoms. The molecular weight excluding hydrogens is 477 g/mol. The largest absolute Gasteiger partial charge is 0.387 e. The molecule has 0 amide bonds. The van der Waals surface area contributed by atoms with E-state index < -0.39 is 24.5 Å². The minimum absolute atomic E-state index is 0.159. The highest BCUT2D eigenvalue weighted by Crippen LogP contribution is 2.38. The first-order valence-corrected chi connectivity index (χ1v) is 11.9. The van der Waals surface area contributed by atoms with Gasteiger partial charge in [0.15, 0.2) is 23.2 Å². The highest BCUT2D eigenvalue weighted by molar-refractivity contribution is 7.99. The van der Waals surface area contributed by atoms with E-state index in [0.717, 1.165) is 6.42 Å². The number of halogens is 2. The van der Waals surface area contributed by atoms with Gasteiger partial charge in [-0.1, -0.05) is 29.3 Å². The Kier molecular flexibility index (Phi) is 6.44. The Morgan fingerprint density at radius 3 is 2.72 bits per heavy atom. The average Bonchev–Trinajstić information content (AvgIpc) is 3.50. The summed E-state index contributed by atoms with van der Waals surface area (Å²) in [5.41, 5.74) is 1.06. The standard InChI is InChI=1S/C20H21Cl2N5O4S/c21-11-2-1-3-12(22)17(11)32-7-13-15(28)16(29)20(31-13)27-9-25-14-18(23-8-24-19(14)27)26-10-4-5-30-6-10/h1-3,8-10,13,15-16,20,28-29H,4-7H2,(H,23,24,26)/t10-,13-,15-,16-,20-/m1/s1. The first-order valence-electron chi connectivity index (χ1n) is 10.1. The molecule has 2 aromatic heterocycles. The number of benzene rings is 1. The molecule has 32 heavy (non-hydrogen) atoms. The highest BCUT2D eigenvalue weighted by Gasteiger charge is 2.44. The molecule has 3 N–H and O–H groups in total. The lowest BCUT2D eigenvalue weighted by molar-refractivity contribution is -0.0289. The summed E-state index contributed by atoms with van der Waals surface area (Å²) < 4.78 is 13.1. The fourth-order valence-corrected chi connectivity index (χ4v) is 5.61. The summed E-state index contributed by atoms with van der Waals surface area (Å²) >= 11 is 13.8. The summed E-state index contributed by atoms with van der Waals surface area (Å²) in [4.78, 5) is 13.8. The first kappa shape index (κ1) is 22.1. The molecule has 4 heterocycles. The van der Waals surface area contributed by atoms with E-state index in [1.807, 2.05) is 0 Å². The summed E-state index contributed by atoms with van der Waals surface area (Å²) in [5, 5.41) is 25.7. The second kappa shape index (κ2) is 9.30. The Morgan fingerprint density at radius 2 is 1.97 bits per heavy atom. The van der Waals surface area contributed by atoms with Crippen LogP contribution in [0.2, 0.25) is 10.0 Å². The van der Waals surface area contributed by atoms with Crippen molar-refractivity contribution >= 4 is 51.9 Å². The maximum atomic E-state index is 10.7. The minimum atomic E-state index is -1.16. The molecule has 170 valence electrons. The van der Waals surface area contributed by atoms with Gasteiger partial charge in [0, 0.05) is 17.3 Å². The second-order valence-corrected chi connectivity index (χ2v) is 9.50. The maximum absolute atomic E-state index is 10.7. The molecule has 2 aliphatic rings. The number of hydrogen-bond acceptors (Lipinski definition) is 9. The van der Waals surface area contributed by atoms with Crippen LogP contribution in [0.4, 0.5) is 5.82 Å². The van der Waals surface area contributed by atoms with Gasteiger partial charge in [-0.3, -0.25) is 4.57 Å². The predicted octanol–water partition coefficient (Wildman–Crippen LogP) is 2.75. The van der Waals surface area contributed by atoms with E-state index in [1.165, 1.54) is 24.4 Å². The Hall–Kier alpha value is -1.66. The number of aliphatic hydroxyl groups excluding tert-OH is 2. The van der Waals surface area contributed by atoms with Crippen molar-refractivity contribution in [1.82, 2.24) is 19.5 Å². The lowest BCUT2D eigenvalue weighted by Gasteiger charge is -2.17. The van der Waals surface area contributed by atoms with Crippen molar-refractivity contribution in [3.63, 3.8) is 0 Å². The fraction of sp³-hybridized carbons (Fsp3) is 0.450. The van der Waals surface area contributed by atoms with Gasteiger partial charge < -0.3 is 25.0 Å². The summed E-state index contributed by atoms with van der Waals surface area (Å²) in [6, 6.07) is 5.43. The van der Waals surface area contributed by atoms with Crippen molar-refractivity contribution in [2.75, 3.05) is 24.3 Å². The molecule has 2 saturated heterocycles. The number of imidazole rings is 1. The van der Waals surface area contributed by atoms with E-state index in [-0.39, 0.29) is 6.04 Å². The molecule has 0 unspecified atom stereocenters. The van der Waals surface area contributed by atoms with Gasteiger partial charge in [-0.25, -0.2) is 15.0 Å². The zero-order valence-corrected chi connectivity index (χ0v) is 19.1. The SMILES string of the molecule is O[C@@H]1[C@H](O)[C@@H](CSc2c(Cl)cccc2Cl)O[C@H]1n1cnc2c(N[C@@H]3CCOC3)ncnc21. The predicted molar refractivity (Wildman–Crippen MR) is 121 cm³/mol. The number of nitrogens with zero attached hydrogens (tertiary/aromatic N) is 4. The van der Waals surface area contributed by atoms with Crippen molar-refractivity contribution in [3.05, 3.63) is 40.9 Å². The number of ether oxygens (including phenoxy) is 2. The van der Waals surface area contributed by atoms with Crippen LogP contribution in [0, 0.1) is 0 Å². The molecule has 3 aromatic rings. The Balaban J connectivity index is 1.34. The van der Waals surface area contributed by atoms with Crippen LogP contribution in [0.25, 0.3) is 11.2 Å². The normalized spacial score (nSPS) is 27.9. The first-order chi connectivity index (χ1) is 15.5. The number of rotatable bonds is 6. The van der Waals surface area contributed by atoms with E-state index in [2.05, 4.69) is 20.3 Å². The van der Waals surface area contributed by atoms with Crippen molar-refractivity contribution < 1.29 is 19.7 Å². The highest BCUT2D eigenvalue weighted by atomic mass is 35.5. The Labute approximate surface area is 198 Å². The molecule has 5 rings (SSSR count). The molecule has 0 aliphatic carbocycles. The van der Waals surface area contributed by atoms with Crippen LogP contribution in [0.3, 0.4) is 0 Å². The molecule has 2 fully saturated rings. The van der Waals surface area contributed by atoms with Gasteiger partial charge in [0.1, 0.15) is 18.5 Å². The van der Waals surface area contributed by atoms with Gasteiger partial charge in [0.05, 0.1) is 35.1 Å². The number of hydrogen-bond donors (Lipinski definition) is 3. The van der Waals surface area contributed by atoms with Gasteiger partial charge in [0.25, 0.3) is 0 Å². The van der Waals surface area contributed by atoms with Gasteiger partial charge >= 0.3 is 0 Å². The quantitative estimate of drug-likeness (QED) is 0.442. The third-order valence-electron chi connectivity index (χ3n) is 5.55. The lowest BCUT2D eigenvalue weighted by atomic mass is 10.1. The summed E-state index contributed by atoms with van der Waals surface area (Å²) in [5.74, 6) is 0.951. The summed E-state index contributed by atoms with van der Waals surface area (Å²) in [6.07, 6.45) is 0.118. The monoisotopic (exact) mass is 497 g/mol. The van der Waals surface area contributed by atoms with Gasteiger partial charge in [-0.2, -0.15) is 0 Å².